The first-order valence-corrected chi connectivity index (χ1v) is 5.86. The molecule has 0 aliphatic carbocycles. The molecule has 0 aromatic carbocycles. The van der Waals surface area contributed by atoms with Gasteiger partial charge >= 0.3 is 0 Å². The molecule has 1 aromatic heterocycles. The summed E-state index contributed by atoms with van der Waals surface area (Å²) in [5.74, 6) is -0.444. The van der Waals surface area contributed by atoms with Gasteiger partial charge in [-0.3, -0.25) is 9.59 Å². The minimum atomic E-state index is -0.264. The van der Waals surface area contributed by atoms with E-state index in [2.05, 4.69) is 10.6 Å². The summed E-state index contributed by atoms with van der Waals surface area (Å²) in [6, 6.07) is 3.83. The molecule has 86 valence electrons. The smallest absolute Gasteiger partial charge is 0.244 e. The Balaban J connectivity index is 2.28. The summed E-state index contributed by atoms with van der Waals surface area (Å²) >= 11 is 1.55. The van der Waals surface area contributed by atoms with Crippen LogP contribution < -0.4 is 10.6 Å². The van der Waals surface area contributed by atoms with Crippen LogP contribution in [0.5, 0.6) is 0 Å². The number of carbonyl (C=O) groups excluding carboxylic acids is 2. The molecular formula is C11H14N2O2S. The highest BCUT2D eigenvalue weighted by Gasteiger charge is 2.00. The van der Waals surface area contributed by atoms with Crippen molar-refractivity contribution in [3.05, 3.63) is 28.5 Å². The second-order valence-electron chi connectivity index (χ2n) is 3.02. The van der Waals surface area contributed by atoms with Gasteiger partial charge in [0.1, 0.15) is 0 Å². The van der Waals surface area contributed by atoms with Gasteiger partial charge in [0.05, 0.1) is 6.54 Å². The van der Waals surface area contributed by atoms with Crippen molar-refractivity contribution in [1.82, 2.24) is 10.6 Å². The van der Waals surface area contributed by atoms with Crippen molar-refractivity contribution in [2.45, 2.75) is 6.92 Å². The molecule has 0 unspecified atom stereocenters. The maximum Gasteiger partial charge on any atom is 0.244 e. The summed E-state index contributed by atoms with van der Waals surface area (Å²) in [6.45, 7) is 2.41. The van der Waals surface area contributed by atoms with Gasteiger partial charge in [0.25, 0.3) is 0 Å². The molecule has 0 spiro atoms. The minimum absolute atomic E-state index is 0.0153. The van der Waals surface area contributed by atoms with E-state index < -0.39 is 0 Å². The molecule has 4 nitrogen and oxygen atoms in total. The molecule has 1 heterocycles. The van der Waals surface area contributed by atoms with Crippen molar-refractivity contribution >= 4 is 29.2 Å². The van der Waals surface area contributed by atoms with Gasteiger partial charge in [-0.2, -0.15) is 0 Å². The van der Waals surface area contributed by atoms with E-state index in [1.54, 1.807) is 17.4 Å². The lowest BCUT2D eigenvalue weighted by molar-refractivity contribution is -0.123. The Bertz CT molecular complexity index is 371. The number of amides is 2. The van der Waals surface area contributed by atoms with Gasteiger partial charge in [0.2, 0.25) is 11.8 Å². The van der Waals surface area contributed by atoms with Crippen LogP contribution in [-0.4, -0.2) is 24.9 Å². The summed E-state index contributed by atoms with van der Waals surface area (Å²) in [6.07, 6.45) is 3.14. The summed E-state index contributed by atoms with van der Waals surface area (Å²) in [7, 11) is 0. The first-order chi connectivity index (χ1) is 7.72. The molecule has 0 radical (unpaired) electrons. The van der Waals surface area contributed by atoms with E-state index in [0.717, 1.165) is 4.88 Å². The molecule has 1 rings (SSSR count). The van der Waals surface area contributed by atoms with E-state index in [1.807, 2.05) is 24.4 Å². The van der Waals surface area contributed by atoms with Crippen LogP contribution in [0.3, 0.4) is 0 Å². The predicted molar refractivity (Wildman–Crippen MR) is 65.0 cm³/mol. The van der Waals surface area contributed by atoms with Crippen molar-refractivity contribution in [3.63, 3.8) is 0 Å². The zero-order valence-corrected chi connectivity index (χ0v) is 9.84. The molecule has 16 heavy (non-hydrogen) atoms. The van der Waals surface area contributed by atoms with Crippen molar-refractivity contribution in [3.8, 4) is 0 Å². The number of nitrogens with one attached hydrogen (secondary N) is 2. The van der Waals surface area contributed by atoms with E-state index in [0.29, 0.717) is 6.54 Å². The highest BCUT2D eigenvalue weighted by Crippen LogP contribution is 2.09. The van der Waals surface area contributed by atoms with E-state index in [4.69, 9.17) is 0 Å². The standard InChI is InChI=1S/C11H14N2O2S/c1-2-12-11(15)8-13-10(14)6-5-9-4-3-7-16-9/h3-7H,2,8H2,1H3,(H,12,15)(H,13,14)/b6-5+. The molecule has 2 N–H and O–H groups in total. The molecule has 2 amide bonds. The lowest BCUT2D eigenvalue weighted by atomic mass is 10.4. The molecule has 0 aliphatic rings. The fraction of sp³-hybridized carbons (Fsp3) is 0.273. The quantitative estimate of drug-likeness (QED) is 0.752. The highest BCUT2D eigenvalue weighted by molar-refractivity contribution is 7.10. The van der Waals surface area contributed by atoms with Crippen LogP contribution >= 0.6 is 11.3 Å². The third-order valence-electron chi connectivity index (χ3n) is 1.74. The molecule has 0 bridgehead atoms. The van der Waals surface area contributed by atoms with Crippen LogP contribution in [0.25, 0.3) is 6.08 Å². The average molecular weight is 238 g/mol. The van der Waals surface area contributed by atoms with Crippen molar-refractivity contribution in [2.75, 3.05) is 13.1 Å². The Morgan fingerprint density at radius 1 is 1.44 bits per heavy atom. The van der Waals surface area contributed by atoms with Gasteiger partial charge in [-0.15, -0.1) is 11.3 Å². The second kappa shape index (κ2) is 6.79. The minimum Gasteiger partial charge on any atom is -0.355 e. The highest BCUT2D eigenvalue weighted by atomic mass is 32.1. The number of hydrogen-bond acceptors (Lipinski definition) is 3. The number of carbonyl (C=O) groups is 2. The average Bonchev–Trinajstić information content (AvgIpc) is 2.77. The first kappa shape index (κ1) is 12.4. The van der Waals surface area contributed by atoms with E-state index in [9.17, 15) is 9.59 Å². The SMILES string of the molecule is CCNC(=O)CNC(=O)/C=C/c1cccs1. The van der Waals surface area contributed by atoms with Gasteiger partial charge in [0.15, 0.2) is 0 Å². The molecule has 0 saturated carbocycles. The van der Waals surface area contributed by atoms with Gasteiger partial charge in [0, 0.05) is 17.5 Å². The van der Waals surface area contributed by atoms with Crippen LogP contribution in [0.15, 0.2) is 23.6 Å². The third kappa shape index (κ3) is 4.75. The van der Waals surface area contributed by atoms with E-state index in [1.165, 1.54) is 6.08 Å². The van der Waals surface area contributed by atoms with Crippen molar-refractivity contribution < 1.29 is 9.59 Å². The van der Waals surface area contributed by atoms with Gasteiger partial charge in [-0.05, 0) is 24.4 Å². The van der Waals surface area contributed by atoms with Crippen molar-refractivity contribution in [1.29, 1.82) is 0 Å². The number of thiophene rings is 1. The molecular weight excluding hydrogens is 224 g/mol. The van der Waals surface area contributed by atoms with Crippen LogP contribution in [0.1, 0.15) is 11.8 Å². The predicted octanol–water partition coefficient (Wildman–Crippen LogP) is 1.01. The van der Waals surface area contributed by atoms with Gasteiger partial charge in [-0.1, -0.05) is 6.07 Å². The number of hydrogen-bond donors (Lipinski definition) is 2. The summed E-state index contributed by atoms with van der Waals surface area (Å²) in [4.78, 5) is 23.3. The van der Waals surface area contributed by atoms with Crippen LogP contribution in [0, 0.1) is 0 Å². The molecule has 0 fully saturated rings. The molecule has 0 aliphatic heterocycles. The molecule has 5 heteroatoms. The molecule has 0 atom stereocenters. The zero-order valence-electron chi connectivity index (χ0n) is 9.03. The fourth-order valence-electron chi connectivity index (χ4n) is 1.03. The lowest BCUT2D eigenvalue weighted by Crippen LogP contribution is -2.35. The lowest BCUT2D eigenvalue weighted by Gasteiger charge is -2.01. The Kier molecular flexibility index (Phi) is 5.28. The monoisotopic (exact) mass is 238 g/mol. The summed E-state index contributed by atoms with van der Waals surface area (Å²) < 4.78 is 0. The van der Waals surface area contributed by atoms with Gasteiger partial charge < -0.3 is 10.6 Å². The third-order valence-corrected chi connectivity index (χ3v) is 2.58. The topological polar surface area (TPSA) is 58.2 Å². The van der Waals surface area contributed by atoms with E-state index in [-0.39, 0.29) is 18.4 Å². The Labute approximate surface area is 98.4 Å². The van der Waals surface area contributed by atoms with Crippen molar-refractivity contribution in [2.24, 2.45) is 0 Å². The largest absolute Gasteiger partial charge is 0.355 e. The normalized spacial score (nSPS) is 10.3. The van der Waals surface area contributed by atoms with Crippen LogP contribution in [0.2, 0.25) is 0 Å². The maximum atomic E-state index is 11.3. The van der Waals surface area contributed by atoms with E-state index >= 15 is 0 Å². The molecule has 0 saturated heterocycles. The number of likely N-dealkylation sites (N-methyl/N-ethyl adjacent to an activating group) is 1. The summed E-state index contributed by atoms with van der Waals surface area (Å²) in [5.41, 5.74) is 0. The number of rotatable bonds is 5. The second-order valence-corrected chi connectivity index (χ2v) is 4.00. The Morgan fingerprint density at radius 3 is 2.88 bits per heavy atom. The zero-order chi connectivity index (χ0) is 11.8. The Hall–Kier alpha value is -1.62. The van der Waals surface area contributed by atoms with Gasteiger partial charge in [-0.25, -0.2) is 0 Å². The van der Waals surface area contributed by atoms with Crippen LogP contribution in [-0.2, 0) is 9.59 Å². The fourth-order valence-corrected chi connectivity index (χ4v) is 1.65. The Morgan fingerprint density at radius 2 is 2.25 bits per heavy atom. The first-order valence-electron chi connectivity index (χ1n) is 4.98. The maximum absolute atomic E-state index is 11.3. The summed E-state index contributed by atoms with van der Waals surface area (Å²) in [5, 5.41) is 7.03. The molecule has 1 aromatic rings. The van der Waals surface area contributed by atoms with Crippen LogP contribution in [0.4, 0.5) is 0 Å².